The van der Waals surface area contributed by atoms with E-state index in [1.54, 1.807) is 0 Å². The summed E-state index contributed by atoms with van der Waals surface area (Å²) in [6.07, 6.45) is 0. The van der Waals surface area contributed by atoms with E-state index in [1.165, 1.54) is 10.8 Å². The molecule has 0 saturated carbocycles. The Balaban J connectivity index is 0.959. The molecule has 68 heavy (non-hydrogen) atoms. The van der Waals surface area contributed by atoms with Crippen LogP contribution in [0.25, 0.3) is 144 Å². The van der Waals surface area contributed by atoms with E-state index in [-0.39, 0.29) is 0 Å². The molecule has 0 aliphatic carbocycles. The summed E-state index contributed by atoms with van der Waals surface area (Å²) < 4.78 is 13.2. The molecule has 0 radical (unpaired) electrons. The minimum Gasteiger partial charge on any atom is -0.456 e. The molecule has 5 heteroatoms. The largest absolute Gasteiger partial charge is 0.456 e. The van der Waals surface area contributed by atoms with Crippen LogP contribution in [0.3, 0.4) is 0 Å². The van der Waals surface area contributed by atoms with Crippen molar-refractivity contribution < 1.29 is 8.83 Å². The Kier molecular flexibility index (Phi) is 8.52. The highest BCUT2D eigenvalue weighted by atomic mass is 16.3. The van der Waals surface area contributed by atoms with Crippen LogP contribution in [0.2, 0.25) is 0 Å². The number of hydrogen-bond donors (Lipinski definition) is 0. The van der Waals surface area contributed by atoms with Gasteiger partial charge in [-0.15, -0.1) is 0 Å². The van der Waals surface area contributed by atoms with E-state index in [9.17, 15) is 0 Å². The second-order valence-electron chi connectivity index (χ2n) is 17.4. The Morgan fingerprint density at radius 1 is 0.250 bits per heavy atom. The van der Waals surface area contributed by atoms with Gasteiger partial charge in [-0.05, 0) is 90.5 Å². The van der Waals surface area contributed by atoms with Gasteiger partial charge in [0.05, 0.1) is 0 Å². The number of fused-ring (bicyclic) bond motifs is 9. The van der Waals surface area contributed by atoms with E-state index < -0.39 is 0 Å². The van der Waals surface area contributed by atoms with Crippen molar-refractivity contribution in [2.75, 3.05) is 0 Å². The van der Waals surface area contributed by atoms with Crippen molar-refractivity contribution in [1.29, 1.82) is 0 Å². The number of benzene rings is 11. The summed E-state index contributed by atoms with van der Waals surface area (Å²) in [5.74, 6) is 1.78. The molecule has 5 nitrogen and oxygen atoms in total. The first-order valence-corrected chi connectivity index (χ1v) is 22.9. The second kappa shape index (κ2) is 15.2. The van der Waals surface area contributed by atoms with Crippen molar-refractivity contribution in [3.63, 3.8) is 0 Å². The molecule has 0 unspecified atom stereocenters. The highest BCUT2D eigenvalue weighted by Gasteiger charge is 2.22. The number of furan rings is 2. The van der Waals surface area contributed by atoms with Crippen LogP contribution >= 0.6 is 0 Å². The van der Waals surface area contributed by atoms with E-state index >= 15 is 0 Å². The zero-order valence-electron chi connectivity index (χ0n) is 36.5. The Bertz CT molecular complexity index is 4330. The van der Waals surface area contributed by atoms with E-state index in [1.807, 2.05) is 48.5 Å². The van der Waals surface area contributed by atoms with Gasteiger partial charge in [-0.25, -0.2) is 15.0 Å². The van der Waals surface area contributed by atoms with Gasteiger partial charge in [-0.1, -0.05) is 194 Å². The van der Waals surface area contributed by atoms with Crippen LogP contribution in [0.1, 0.15) is 0 Å². The van der Waals surface area contributed by atoms with Crippen LogP contribution in [0.15, 0.2) is 233 Å². The summed E-state index contributed by atoms with van der Waals surface area (Å²) in [5.41, 5.74) is 12.8. The van der Waals surface area contributed by atoms with Gasteiger partial charge in [0.1, 0.15) is 22.3 Å². The second-order valence-corrected chi connectivity index (χ2v) is 17.4. The van der Waals surface area contributed by atoms with Crippen molar-refractivity contribution in [1.82, 2.24) is 15.0 Å². The summed E-state index contributed by atoms with van der Waals surface area (Å²) in [6.45, 7) is 0. The van der Waals surface area contributed by atoms with E-state index in [0.717, 1.165) is 115 Å². The lowest BCUT2D eigenvalue weighted by molar-refractivity contribution is 0.669. The topological polar surface area (TPSA) is 65.0 Å². The van der Waals surface area contributed by atoms with Crippen LogP contribution in [-0.2, 0) is 0 Å². The molecule has 0 bridgehead atoms. The summed E-state index contributed by atoms with van der Waals surface area (Å²) in [4.78, 5) is 15.8. The van der Waals surface area contributed by atoms with E-state index in [2.05, 4.69) is 176 Å². The van der Waals surface area contributed by atoms with Gasteiger partial charge in [0.2, 0.25) is 0 Å². The minimum absolute atomic E-state index is 0.584. The van der Waals surface area contributed by atoms with Gasteiger partial charge < -0.3 is 8.83 Å². The third kappa shape index (κ3) is 5.99. The Labute approximate surface area is 390 Å². The van der Waals surface area contributed by atoms with Gasteiger partial charge in [-0.3, -0.25) is 0 Å². The molecule has 0 saturated heterocycles. The molecule has 3 aromatic heterocycles. The first kappa shape index (κ1) is 38.1. The third-order valence-corrected chi connectivity index (χ3v) is 13.5. The summed E-state index contributed by atoms with van der Waals surface area (Å²) >= 11 is 0. The van der Waals surface area contributed by atoms with Gasteiger partial charge in [0.25, 0.3) is 0 Å². The molecule has 14 rings (SSSR count). The van der Waals surface area contributed by atoms with Crippen LogP contribution in [0.5, 0.6) is 0 Å². The SMILES string of the molecule is c1ccc(-c2nc(-c3cc(-c4ccc(-c5cccc6oc7c(-c8cccc9ccccc89)cccc7c56)c5ccccc45)cc4ccccc34)nc(-c3cccc4oc5ccccc5c34)n2)cc1. The quantitative estimate of drug-likeness (QED) is 0.167. The van der Waals surface area contributed by atoms with Crippen molar-refractivity contribution in [2.24, 2.45) is 0 Å². The van der Waals surface area contributed by atoms with Crippen LogP contribution < -0.4 is 0 Å². The standard InChI is InChI=1S/C63H37N3O2/c1-2-17-39(18-3-1)61-64-62(53-30-15-32-56-59(53)51-25-10-11-31-55(51)67-56)66-63(65-61)54-37-41(36-40-19-5-7-22-43(40)54)44-34-35-48(47-24-9-8-23-45(44)47)49-27-14-33-57-58(49)52-29-13-28-50(60(52)68-57)46-26-12-20-38-16-4-6-21-42(38)46/h1-37H. The first-order valence-electron chi connectivity index (χ1n) is 22.9. The molecule has 0 aliphatic heterocycles. The number of nitrogens with zero attached hydrogens (tertiary/aromatic N) is 3. The number of rotatable bonds is 6. The summed E-state index contributed by atoms with van der Waals surface area (Å²) in [5, 5.41) is 11.1. The van der Waals surface area contributed by atoms with Gasteiger partial charge in [0, 0.05) is 43.8 Å². The van der Waals surface area contributed by atoms with Crippen LogP contribution in [0.4, 0.5) is 0 Å². The summed E-state index contributed by atoms with van der Waals surface area (Å²) in [6, 6.07) is 78.7. The maximum absolute atomic E-state index is 6.84. The third-order valence-electron chi connectivity index (χ3n) is 13.5. The maximum atomic E-state index is 6.84. The number of aromatic nitrogens is 3. The first-order chi connectivity index (χ1) is 33.7. The molecule has 0 N–H and O–H groups in total. The molecule has 0 atom stereocenters. The van der Waals surface area contributed by atoms with Crippen molar-refractivity contribution in [3.05, 3.63) is 224 Å². The lowest BCUT2D eigenvalue weighted by Gasteiger charge is -2.16. The fourth-order valence-electron chi connectivity index (χ4n) is 10.5. The van der Waals surface area contributed by atoms with Gasteiger partial charge in [0.15, 0.2) is 17.5 Å². The zero-order chi connectivity index (χ0) is 44.7. The highest BCUT2D eigenvalue weighted by Crippen LogP contribution is 2.46. The van der Waals surface area contributed by atoms with Gasteiger partial charge in [-0.2, -0.15) is 0 Å². The Morgan fingerprint density at radius 2 is 0.750 bits per heavy atom. The molecule has 14 aromatic rings. The predicted molar refractivity (Wildman–Crippen MR) is 280 cm³/mol. The fraction of sp³-hybridized carbons (Fsp3) is 0. The average molecular weight is 868 g/mol. The molecule has 11 aromatic carbocycles. The lowest BCUT2D eigenvalue weighted by Crippen LogP contribution is -2.01. The highest BCUT2D eigenvalue weighted by molar-refractivity contribution is 6.20. The Hall–Kier alpha value is -9.19. The molecule has 316 valence electrons. The van der Waals surface area contributed by atoms with E-state index in [0.29, 0.717) is 17.5 Å². The number of para-hydroxylation sites is 2. The molecule has 0 aliphatic rings. The van der Waals surface area contributed by atoms with Crippen LogP contribution in [0, 0.1) is 0 Å². The Morgan fingerprint density at radius 3 is 1.57 bits per heavy atom. The lowest BCUT2D eigenvalue weighted by atomic mass is 9.88. The molecular weight excluding hydrogens is 831 g/mol. The smallest absolute Gasteiger partial charge is 0.164 e. The minimum atomic E-state index is 0.584. The monoisotopic (exact) mass is 867 g/mol. The molecule has 3 heterocycles. The molecule has 0 amide bonds. The van der Waals surface area contributed by atoms with Gasteiger partial charge >= 0.3 is 0 Å². The zero-order valence-corrected chi connectivity index (χ0v) is 36.5. The molecule has 0 fully saturated rings. The maximum Gasteiger partial charge on any atom is 0.164 e. The molecule has 0 spiro atoms. The fourth-order valence-corrected chi connectivity index (χ4v) is 10.5. The van der Waals surface area contributed by atoms with Crippen LogP contribution in [-0.4, -0.2) is 15.0 Å². The number of hydrogen-bond acceptors (Lipinski definition) is 5. The van der Waals surface area contributed by atoms with E-state index in [4.69, 9.17) is 23.8 Å². The summed E-state index contributed by atoms with van der Waals surface area (Å²) in [7, 11) is 0. The van der Waals surface area contributed by atoms with Crippen molar-refractivity contribution >= 4 is 76.2 Å². The predicted octanol–water partition coefficient (Wildman–Crippen LogP) is 17.1. The van der Waals surface area contributed by atoms with Crippen molar-refractivity contribution in [2.45, 2.75) is 0 Å². The normalized spacial score (nSPS) is 11.8. The van der Waals surface area contributed by atoms with Crippen molar-refractivity contribution in [3.8, 4) is 67.5 Å². The average Bonchev–Trinajstić information content (AvgIpc) is 3.99. The molecular formula is C63H37N3O2.